The lowest BCUT2D eigenvalue weighted by Crippen LogP contribution is -2.14. The van der Waals surface area contributed by atoms with Gasteiger partial charge in [0, 0.05) is 25.9 Å². The zero-order chi connectivity index (χ0) is 15.0. The highest BCUT2D eigenvalue weighted by molar-refractivity contribution is 5.45. The van der Waals surface area contributed by atoms with E-state index in [-0.39, 0.29) is 6.54 Å². The van der Waals surface area contributed by atoms with Gasteiger partial charge in [0.05, 0.1) is 0 Å². The molecule has 0 unspecified atom stereocenters. The van der Waals surface area contributed by atoms with E-state index >= 15 is 0 Å². The lowest BCUT2D eigenvalue weighted by molar-refractivity contribution is 0.410. The van der Waals surface area contributed by atoms with Gasteiger partial charge in [-0.05, 0) is 6.42 Å². The van der Waals surface area contributed by atoms with Crippen molar-refractivity contribution in [3.05, 3.63) is 35.2 Å². The van der Waals surface area contributed by atoms with Crippen LogP contribution < -0.4 is 5.32 Å². The minimum atomic E-state index is -1.68. The topological polar surface area (TPSA) is 55.6 Å². The van der Waals surface area contributed by atoms with E-state index in [1.54, 1.807) is 0 Å². The predicted molar refractivity (Wildman–Crippen MR) is 64.6 cm³/mol. The van der Waals surface area contributed by atoms with Crippen molar-refractivity contribution in [2.75, 3.05) is 11.9 Å². The third kappa shape index (κ3) is 2.43. The second-order valence-corrected chi connectivity index (χ2v) is 4.66. The second kappa shape index (κ2) is 5.30. The smallest absolute Gasteiger partial charge is 0.253 e. The molecule has 2 aromatic rings. The number of rotatable bonds is 4. The normalized spacial score (nSPS) is 13.5. The number of aromatic nitrogens is 4. The molecule has 1 aliphatic heterocycles. The number of aryl methyl sites for hydroxylation is 1. The van der Waals surface area contributed by atoms with E-state index in [1.165, 1.54) is 0 Å². The first-order valence-electron chi connectivity index (χ1n) is 6.42. The Kier molecular flexibility index (Phi) is 3.48. The Hall–Kier alpha value is -2.19. The van der Waals surface area contributed by atoms with Gasteiger partial charge in [-0.1, -0.05) is 0 Å². The molecule has 0 amide bonds. The molecule has 0 aromatic carbocycles. The lowest BCUT2D eigenvalue weighted by atomic mass is 10.3. The van der Waals surface area contributed by atoms with E-state index < -0.39 is 29.2 Å². The molecule has 0 aliphatic carbocycles. The highest BCUT2D eigenvalue weighted by atomic mass is 19.2. The fourth-order valence-corrected chi connectivity index (χ4v) is 2.34. The third-order valence-corrected chi connectivity index (χ3v) is 3.33. The largest absolute Gasteiger partial charge is 0.380 e. The van der Waals surface area contributed by atoms with Crippen LogP contribution in [0.25, 0.3) is 0 Å². The molecule has 0 radical (unpaired) electrons. The molecule has 3 rings (SSSR count). The summed E-state index contributed by atoms with van der Waals surface area (Å²) in [7, 11) is 0. The standard InChI is InChI=1S/C12H11F4N5/c13-8-10(9(14)12(16)18-11(8)15)17-4-3-7-20-19-6-2-1-5-21(6)7/h1-5H2,(H,17,18). The summed E-state index contributed by atoms with van der Waals surface area (Å²) in [5.74, 6) is -4.89. The van der Waals surface area contributed by atoms with Crippen LogP contribution in [0.5, 0.6) is 0 Å². The maximum Gasteiger partial charge on any atom is 0.253 e. The van der Waals surface area contributed by atoms with Crippen LogP contribution in [-0.2, 0) is 19.4 Å². The van der Waals surface area contributed by atoms with Gasteiger partial charge in [-0.25, -0.2) is 0 Å². The molecule has 112 valence electrons. The minimum Gasteiger partial charge on any atom is -0.380 e. The SMILES string of the molecule is Fc1nc(F)c(F)c(NCCc2nnc3n2CCC3)c1F. The average molecular weight is 301 g/mol. The number of anilines is 1. The number of hydrogen-bond donors (Lipinski definition) is 1. The summed E-state index contributed by atoms with van der Waals surface area (Å²) in [6.07, 6.45) is 2.16. The van der Waals surface area contributed by atoms with Crippen molar-refractivity contribution in [2.45, 2.75) is 25.8 Å². The van der Waals surface area contributed by atoms with Gasteiger partial charge in [-0.2, -0.15) is 22.5 Å². The number of halogens is 4. The summed E-state index contributed by atoms with van der Waals surface area (Å²) in [5, 5.41) is 10.3. The van der Waals surface area contributed by atoms with Crippen LogP contribution in [0.4, 0.5) is 23.2 Å². The molecule has 1 aliphatic rings. The molecule has 0 spiro atoms. The fraction of sp³-hybridized carbons (Fsp3) is 0.417. The van der Waals surface area contributed by atoms with Crippen LogP contribution in [0, 0.1) is 23.5 Å². The van der Waals surface area contributed by atoms with Crippen LogP contribution in [0.2, 0.25) is 0 Å². The van der Waals surface area contributed by atoms with Crippen LogP contribution in [0.3, 0.4) is 0 Å². The summed E-state index contributed by atoms with van der Waals surface area (Å²) in [5.41, 5.74) is -0.860. The first-order valence-corrected chi connectivity index (χ1v) is 6.42. The van der Waals surface area contributed by atoms with Crippen molar-refractivity contribution < 1.29 is 17.6 Å². The maximum absolute atomic E-state index is 13.4. The van der Waals surface area contributed by atoms with Gasteiger partial charge in [-0.3, -0.25) is 0 Å². The second-order valence-electron chi connectivity index (χ2n) is 4.66. The van der Waals surface area contributed by atoms with E-state index in [4.69, 9.17) is 0 Å². The molecule has 5 nitrogen and oxygen atoms in total. The van der Waals surface area contributed by atoms with Gasteiger partial charge in [-0.15, -0.1) is 10.2 Å². The molecular formula is C12H11F4N5. The van der Waals surface area contributed by atoms with E-state index in [2.05, 4.69) is 20.5 Å². The first-order chi connectivity index (χ1) is 10.1. The highest BCUT2D eigenvalue weighted by Crippen LogP contribution is 2.22. The Morgan fingerprint density at radius 3 is 2.48 bits per heavy atom. The van der Waals surface area contributed by atoms with Crippen LogP contribution in [0.15, 0.2) is 0 Å². The lowest BCUT2D eigenvalue weighted by Gasteiger charge is -2.09. The minimum absolute atomic E-state index is 0.0644. The summed E-state index contributed by atoms with van der Waals surface area (Å²) < 4.78 is 54.6. The van der Waals surface area contributed by atoms with Crippen LogP contribution >= 0.6 is 0 Å². The van der Waals surface area contributed by atoms with E-state index in [0.29, 0.717) is 12.2 Å². The van der Waals surface area contributed by atoms with Gasteiger partial charge in [0.25, 0.3) is 11.9 Å². The van der Waals surface area contributed by atoms with Crippen molar-refractivity contribution in [1.82, 2.24) is 19.7 Å². The molecule has 2 aromatic heterocycles. The molecule has 0 bridgehead atoms. The Labute approximate surface area is 117 Å². The molecule has 3 heterocycles. The Balaban J connectivity index is 1.71. The highest BCUT2D eigenvalue weighted by Gasteiger charge is 2.21. The van der Waals surface area contributed by atoms with Crippen LogP contribution in [0.1, 0.15) is 18.1 Å². The number of nitrogens with one attached hydrogen (secondary N) is 1. The van der Waals surface area contributed by atoms with Gasteiger partial charge in [0.15, 0.2) is 0 Å². The molecule has 0 saturated carbocycles. The fourth-order valence-electron chi connectivity index (χ4n) is 2.34. The van der Waals surface area contributed by atoms with Gasteiger partial charge in [0.1, 0.15) is 17.3 Å². The molecule has 0 atom stereocenters. The van der Waals surface area contributed by atoms with E-state index in [0.717, 1.165) is 25.2 Å². The quantitative estimate of drug-likeness (QED) is 0.691. The molecule has 0 saturated heterocycles. The summed E-state index contributed by atoms with van der Waals surface area (Å²) in [6, 6.07) is 0. The number of fused-ring (bicyclic) bond motifs is 1. The van der Waals surface area contributed by atoms with Crippen molar-refractivity contribution in [1.29, 1.82) is 0 Å². The molecule has 1 N–H and O–H groups in total. The summed E-state index contributed by atoms with van der Waals surface area (Å²) in [6.45, 7) is 0.869. The van der Waals surface area contributed by atoms with Crippen molar-refractivity contribution in [3.8, 4) is 0 Å². The predicted octanol–water partition coefficient (Wildman–Crippen LogP) is 1.83. The number of nitrogens with zero attached hydrogens (tertiary/aromatic N) is 4. The van der Waals surface area contributed by atoms with E-state index in [9.17, 15) is 17.6 Å². The maximum atomic E-state index is 13.4. The molecule has 9 heteroatoms. The number of hydrogen-bond acceptors (Lipinski definition) is 4. The Morgan fingerprint density at radius 2 is 1.76 bits per heavy atom. The monoisotopic (exact) mass is 301 g/mol. The Morgan fingerprint density at radius 1 is 1.05 bits per heavy atom. The van der Waals surface area contributed by atoms with Crippen molar-refractivity contribution in [3.63, 3.8) is 0 Å². The van der Waals surface area contributed by atoms with Crippen molar-refractivity contribution in [2.24, 2.45) is 0 Å². The van der Waals surface area contributed by atoms with Gasteiger partial charge in [0.2, 0.25) is 11.6 Å². The molecule has 21 heavy (non-hydrogen) atoms. The number of pyridine rings is 1. The van der Waals surface area contributed by atoms with Gasteiger partial charge < -0.3 is 9.88 Å². The average Bonchev–Trinajstić information content (AvgIpc) is 3.04. The van der Waals surface area contributed by atoms with Crippen LogP contribution in [-0.4, -0.2) is 26.3 Å². The molecular weight excluding hydrogens is 290 g/mol. The summed E-state index contributed by atoms with van der Waals surface area (Å²) in [4.78, 5) is 2.49. The van der Waals surface area contributed by atoms with Crippen molar-refractivity contribution >= 4 is 5.69 Å². The Bertz CT molecular complexity index is 659. The van der Waals surface area contributed by atoms with E-state index in [1.807, 2.05) is 4.57 Å². The third-order valence-electron chi connectivity index (χ3n) is 3.33. The zero-order valence-corrected chi connectivity index (χ0v) is 10.8. The molecule has 0 fully saturated rings. The zero-order valence-electron chi connectivity index (χ0n) is 10.8. The van der Waals surface area contributed by atoms with Gasteiger partial charge >= 0.3 is 0 Å². The summed E-state index contributed by atoms with van der Waals surface area (Å²) >= 11 is 0. The first kappa shape index (κ1) is 13.8.